The highest BCUT2D eigenvalue weighted by molar-refractivity contribution is 5.94. The zero-order chi connectivity index (χ0) is 16.1. The van der Waals surface area contributed by atoms with Gasteiger partial charge in [0.15, 0.2) is 11.5 Å². The first kappa shape index (κ1) is 15.9. The van der Waals surface area contributed by atoms with Gasteiger partial charge in [0.25, 0.3) is 5.91 Å². The lowest BCUT2D eigenvalue weighted by atomic mass is 10.1. The Kier molecular flexibility index (Phi) is 5.04. The van der Waals surface area contributed by atoms with Crippen LogP contribution in [-0.2, 0) is 0 Å². The summed E-state index contributed by atoms with van der Waals surface area (Å²) in [6, 6.07) is 13.0. The second-order valence-electron chi connectivity index (χ2n) is 5.18. The molecule has 0 fully saturated rings. The van der Waals surface area contributed by atoms with E-state index < -0.39 is 0 Å². The first-order chi connectivity index (χ1) is 10.5. The number of carbonyl (C=O) groups is 1. The average Bonchev–Trinajstić information content (AvgIpc) is 2.54. The summed E-state index contributed by atoms with van der Waals surface area (Å²) in [6.07, 6.45) is 0. The molecule has 0 aliphatic carbocycles. The van der Waals surface area contributed by atoms with Crippen molar-refractivity contribution in [3.63, 3.8) is 0 Å². The molecule has 0 heterocycles. The van der Waals surface area contributed by atoms with Crippen molar-refractivity contribution in [1.82, 2.24) is 5.32 Å². The standard InChI is InChI=1S/C18H21NO3/c1-12-5-7-14(8-6-12)18(20)19-13(2)15-9-10-16(21-3)17(11-15)22-4/h5-11,13H,1-4H3,(H,19,20)/t13-/m1/s1. The van der Waals surface area contributed by atoms with Crippen LogP contribution in [0.4, 0.5) is 0 Å². The number of carbonyl (C=O) groups excluding carboxylic acids is 1. The fraction of sp³-hybridized carbons (Fsp3) is 0.278. The fourth-order valence-corrected chi connectivity index (χ4v) is 2.19. The zero-order valence-corrected chi connectivity index (χ0v) is 13.3. The molecule has 2 aromatic carbocycles. The molecule has 2 aromatic rings. The van der Waals surface area contributed by atoms with Crippen molar-refractivity contribution in [2.75, 3.05) is 14.2 Å². The van der Waals surface area contributed by atoms with E-state index >= 15 is 0 Å². The van der Waals surface area contributed by atoms with Gasteiger partial charge < -0.3 is 14.8 Å². The Morgan fingerprint density at radius 1 is 1.00 bits per heavy atom. The summed E-state index contributed by atoms with van der Waals surface area (Å²) in [6.45, 7) is 3.93. The highest BCUT2D eigenvalue weighted by Crippen LogP contribution is 2.29. The van der Waals surface area contributed by atoms with Crippen LogP contribution in [0.3, 0.4) is 0 Å². The number of benzene rings is 2. The number of hydrogen-bond acceptors (Lipinski definition) is 3. The highest BCUT2D eigenvalue weighted by Gasteiger charge is 2.13. The average molecular weight is 299 g/mol. The van der Waals surface area contributed by atoms with Crippen molar-refractivity contribution in [3.8, 4) is 11.5 Å². The van der Waals surface area contributed by atoms with Gasteiger partial charge in [-0.15, -0.1) is 0 Å². The number of hydrogen-bond donors (Lipinski definition) is 1. The molecule has 1 N–H and O–H groups in total. The Hall–Kier alpha value is -2.49. The van der Waals surface area contributed by atoms with Crippen LogP contribution in [0.5, 0.6) is 11.5 Å². The van der Waals surface area contributed by atoms with Crippen LogP contribution in [0.25, 0.3) is 0 Å². The third-order valence-corrected chi connectivity index (χ3v) is 3.57. The molecule has 1 atom stereocenters. The minimum Gasteiger partial charge on any atom is -0.493 e. The molecule has 4 heteroatoms. The van der Waals surface area contributed by atoms with E-state index in [0.717, 1.165) is 11.1 Å². The number of nitrogens with one attached hydrogen (secondary N) is 1. The van der Waals surface area contributed by atoms with Crippen LogP contribution in [0.2, 0.25) is 0 Å². The predicted octanol–water partition coefficient (Wildman–Crippen LogP) is 3.50. The Morgan fingerprint density at radius 3 is 2.23 bits per heavy atom. The van der Waals surface area contributed by atoms with Crippen molar-refractivity contribution >= 4 is 5.91 Å². The molecule has 0 aliphatic rings. The van der Waals surface area contributed by atoms with Gasteiger partial charge in [0.1, 0.15) is 0 Å². The molecule has 0 spiro atoms. The van der Waals surface area contributed by atoms with E-state index in [1.807, 2.05) is 56.3 Å². The van der Waals surface area contributed by atoms with Crippen LogP contribution in [0.15, 0.2) is 42.5 Å². The number of rotatable bonds is 5. The van der Waals surface area contributed by atoms with Crippen molar-refractivity contribution in [2.45, 2.75) is 19.9 Å². The molecular formula is C18H21NO3. The van der Waals surface area contributed by atoms with Crippen molar-refractivity contribution in [1.29, 1.82) is 0 Å². The van der Waals surface area contributed by atoms with E-state index in [-0.39, 0.29) is 11.9 Å². The normalized spacial score (nSPS) is 11.6. The second-order valence-corrected chi connectivity index (χ2v) is 5.18. The number of ether oxygens (including phenoxy) is 2. The Morgan fingerprint density at radius 2 is 1.64 bits per heavy atom. The summed E-state index contributed by atoms with van der Waals surface area (Å²) in [5.74, 6) is 1.22. The van der Waals surface area contributed by atoms with Crippen LogP contribution in [0.1, 0.15) is 34.5 Å². The quantitative estimate of drug-likeness (QED) is 0.919. The van der Waals surface area contributed by atoms with Crippen LogP contribution >= 0.6 is 0 Å². The maximum atomic E-state index is 12.3. The molecule has 22 heavy (non-hydrogen) atoms. The van der Waals surface area contributed by atoms with Gasteiger partial charge in [-0.1, -0.05) is 23.8 Å². The molecule has 0 aliphatic heterocycles. The van der Waals surface area contributed by atoms with Gasteiger partial charge in [-0.05, 0) is 43.7 Å². The van der Waals surface area contributed by atoms with E-state index in [1.54, 1.807) is 14.2 Å². The van der Waals surface area contributed by atoms with Gasteiger partial charge in [-0.2, -0.15) is 0 Å². The van der Waals surface area contributed by atoms with Crippen molar-refractivity contribution in [2.24, 2.45) is 0 Å². The Bertz CT molecular complexity index is 650. The van der Waals surface area contributed by atoms with Gasteiger partial charge in [0.05, 0.1) is 20.3 Å². The number of amides is 1. The largest absolute Gasteiger partial charge is 0.493 e. The topological polar surface area (TPSA) is 47.6 Å². The summed E-state index contributed by atoms with van der Waals surface area (Å²) in [4.78, 5) is 12.3. The smallest absolute Gasteiger partial charge is 0.251 e. The molecule has 0 bridgehead atoms. The van der Waals surface area contributed by atoms with Crippen molar-refractivity contribution < 1.29 is 14.3 Å². The Labute approximate surface area is 131 Å². The third-order valence-electron chi connectivity index (χ3n) is 3.57. The SMILES string of the molecule is COc1ccc([C@@H](C)NC(=O)c2ccc(C)cc2)cc1OC. The molecular weight excluding hydrogens is 278 g/mol. The van der Waals surface area contributed by atoms with E-state index in [0.29, 0.717) is 17.1 Å². The number of methoxy groups -OCH3 is 2. The molecule has 116 valence electrons. The monoisotopic (exact) mass is 299 g/mol. The minimum absolute atomic E-state index is 0.0951. The maximum Gasteiger partial charge on any atom is 0.251 e. The van der Waals surface area contributed by atoms with Gasteiger partial charge >= 0.3 is 0 Å². The molecule has 0 saturated carbocycles. The van der Waals surface area contributed by atoms with Gasteiger partial charge in [-0.3, -0.25) is 4.79 Å². The summed E-state index contributed by atoms with van der Waals surface area (Å²) in [7, 11) is 3.19. The first-order valence-corrected chi connectivity index (χ1v) is 7.14. The van der Waals surface area contributed by atoms with E-state index in [9.17, 15) is 4.79 Å². The highest BCUT2D eigenvalue weighted by atomic mass is 16.5. The van der Waals surface area contributed by atoms with Gasteiger partial charge in [-0.25, -0.2) is 0 Å². The summed E-state index contributed by atoms with van der Waals surface area (Å²) in [5.41, 5.74) is 2.74. The Balaban J connectivity index is 2.13. The lowest BCUT2D eigenvalue weighted by molar-refractivity contribution is 0.0940. The fourth-order valence-electron chi connectivity index (χ4n) is 2.19. The minimum atomic E-state index is -0.131. The van der Waals surface area contributed by atoms with E-state index in [4.69, 9.17) is 9.47 Å². The molecule has 0 radical (unpaired) electrons. The summed E-state index contributed by atoms with van der Waals surface area (Å²) in [5, 5.41) is 2.99. The third kappa shape index (κ3) is 3.58. The lowest BCUT2D eigenvalue weighted by Crippen LogP contribution is -2.26. The summed E-state index contributed by atoms with van der Waals surface area (Å²) >= 11 is 0. The van der Waals surface area contributed by atoms with Crippen molar-refractivity contribution in [3.05, 3.63) is 59.2 Å². The molecule has 4 nitrogen and oxygen atoms in total. The van der Waals surface area contributed by atoms with Gasteiger partial charge in [0, 0.05) is 5.56 Å². The van der Waals surface area contributed by atoms with Crippen LogP contribution in [0, 0.1) is 6.92 Å². The molecule has 1 amide bonds. The van der Waals surface area contributed by atoms with E-state index in [1.165, 1.54) is 0 Å². The first-order valence-electron chi connectivity index (χ1n) is 7.14. The molecule has 2 rings (SSSR count). The summed E-state index contributed by atoms with van der Waals surface area (Å²) < 4.78 is 10.5. The van der Waals surface area contributed by atoms with E-state index in [2.05, 4.69) is 5.32 Å². The second kappa shape index (κ2) is 6.98. The molecule has 0 unspecified atom stereocenters. The predicted molar refractivity (Wildman–Crippen MR) is 86.6 cm³/mol. The lowest BCUT2D eigenvalue weighted by Gasteiger charge is -2.16. The van der Waals surface area contributed by atoms with Gasteiger partial charge in [0.2, 0.25) is 0 Å². The zero-order valence-electron chi connectivity index (χ0n) is 13.3. The molecule has 0 aromatic heterocycles. The molecule has 0 saturated heterocycles. The maximum absolute atomic E-state index is 12.3. The van der Waals surface area contributed by atoms with Crippen LogP contribution in [-0.4, -0.2) is 20.1 Å². The number of aryl methyl sites for hydroxylation is 1. The van der Waals surface area contributed by atoms with Crippen LogP contribution < -0.4 is 14.8 Å².